The van der Waals surface area contributed by atoms with Crippen molar-refractivity contribution in [2.24, 2.45) is 5.41 Å². The Labute approximate surface area is 107 Å². The molecule has 2 nitrogen and oxygen atoms in total. The quantitative estimate of drug-likeness (QED) is 0.517. The van der Waals surface area contributed by atoms with E-state index >= 15 is 0 Å². The van der Waals surface area contributed by atoms with Crippen molar-refractivity contribution in [1.29, 1.82) is 0 Å². The number of terminal acetylenes is 1. The molecule has 3 unspecified atom stereocenters. The first kappa shape index (κ1) is 14.5. The summed E-state index contributed by atoms with van der Waals surface area (Å²) in [4.78, 5) is 0. The van der Waals surface area contributed by atoms with Crippen LogP contribution in [0, 0.1) is 17.8 Å². The first-order valence-corrected chi connectivity index (χ1v) is 6.97. The molecule has 1 rings (SSSR count). The zero-order valence-corrected chi connectivity index (χ0v) is 11.6. The second kappa shape index (κ2) is 7.03. The number of hydrogen-bond acceptors (Lipinski definition) is 2. The molecule has 0 radical (unpaired) electrons. The van der Waals surface area contributed by atoms with Crippen LogP contribution in [-0.2, 0) is 4.74 Å². The second-order valence-electron chi connectivity index (χ2n) is 5.21. The van der Waals surface area contributed by atoms with E-state index in [1.165, 1.54) is 12.8 Å². The molecule has 1 aliphatic rings. The fourth-order valence-corrected chi connectivity index (χ4v) is 2.69. The van der Waals surface area contributed by atoms with Gasteiger partial charge < -0.3 is 10.1 Å². The highest BCUT2D eigenvalue weighted by Gasteiger charge is 2.50. The van der Waals surface area contributed by atoms with Crippen LogP contribution in [0.1, 0.15) is 52.9 Å². The SMILES string of the molecule is C#CCCCCNC1CC(OCC)C1(C)CC. The number of unbranched alkanes of at least 4 members (excludes halogenated alkanes) is 2. The minimum absolute atomic E-state index is 0.322. The monoisotopic (exact) mass is 237 g/mol. The molecule has 1 aliphatic carbocycles. The summed E-state index contributed by atoms with van der Waals surface area (Å²) in [7, 11) is 0. The van der Waals surface area contributed by atoms with E-state index < -0.39 is 0 Å². The molecule has 3 atom stereocenters. The maximum absolute atomic E-state index is 5.79. The summed E-state index contributed by atoms with van der Waals surface area (Å²) >= 11 is 0. The van der Waals surface area contributed by atoms with Gasteiger partial charge in [0.2, 0.25) is 0 Å². The third-order valence-corrected chi connectivity index (χ3v) is 4.25. The molecule has 1 fully saturated rings. The van der Waals surface area contributed by atoms with Crippen molar-refractivity contribution in [1.82, 2.24) is 5.32 Å². The average Bonchev–Trinajstić information content (AvgIpc) is 2.35. The van der Waals surface area contributed by atoms with Gasteiger partial charge in [-0.25, -0.2) is 0 Å². The first-order valence-electron chi connectivity index (χ1n) is 6.97. The molecule has 1 saturated carbocycles. The van der Waals surface area contributed by atoms with Crippen LogP contribution < -0.4 is 5.32 Å². The summed E-state index contributed by atoms with van der Waals surface area (Å²) in [5.74, 6) is 2.69. The van der Waals surface area contributed by atoms with Gasteiger partial charge in [-0.1, -0.05) is 13.8 Å². The van der Waals surface area contributed by atoms with E-state index in [2.05, 4.69) is 32.0 Å². The third kappa shape index (κ3) is 3.47. The van der Waals surface area contributed by atoms with Crippen molar-refractivity contribution in [2.75, 3.05) is 13.2 Å². The summed E-state index contributed by atoms with van der Waals surface area (Å²) in [6.45, 7) is 8.60. The molecule has 0 aromatic heterocycles. The normalized spacial score (nSPS) is 31.9. The smallest absolute Gasteiger partial charge is 0.0658 e. The molecule has 0 aromatic rings. The van der Waals surface area contributed by atoms with E-state index in [0.29, 0.717) is 17.6 Å². The lowest BCUT2D eigenvalue weighted by molar-refractivity contribution is -0.125. The van der Waals surface area contributed by atoms with Crippen LogP contribution in [-0.4, -0.2) is 25.3 Å². The van der Waals surface area contributed by atoms with E-state index in [9.17, 15) is 0 Å². The van der Waals surface area contributed by atoms with Gasteiger partial charge in [0.05, 0.1) is 6.10 Å². The van der Waals surface area contributed by atoms with Gasteiger partial charge in [0.1, 0.15) is 0 Å². The molecule has 0 saturated heterocycles. The molecule has 0 aliphatic heterocycles. The highest BCUT2D eigenvalue weighted by Crippen LogP contribution is 2.45. The molecule has 0 bridgehead atoms. The molecule has 1 N–H and O–H groups in total. The minimum Gasteiger partial charge on any atom is -0.378 e. The van der Waals surface area contributed by atoms with Gasteiger partial charge in [-0.15, -0.1) is 12.3 Å². The van der Waals surface area contributed by atoms with Crippen LogP contribution in [0.3, 0.4) is 0 Å². The molecule has 0 heterocycles. The lowest BCUT2D eigenvalue weighted by atomic mass is 9.61. The zero-order valence-electron chi connectivity index (χ0n) is 11.6. The maximum Gasteiger partial charge on any atom is 0.0658 e. The highest BCUT2D eigenvalue weighted by molar-refractivity contribution is 5.04. The lowest BCUT2D eigenvalue weighted by Crippen LogP contribution is -2.62. The van der Waals surface area contributed by atoms with Crippen LogP contribution in [0.15, 0.2) is 0 Å². The Kier molecular flexibility index (Phi) is 6.02. The van der Waals surface area contributed by atoms with E-state index in [1.807, 2.05) is 0 Å². The molecular formula is C15H27NO. The standard InChI is InChI=1S/C15H27NO/c1-5-8-9-10-11-16-13-12-14(17-7-3)15(13,4)6-2/h1,13-14,16H,6-12H2,2-4H3. The summed E-state index contributed by atoms with van der Waals surface area (Å²) < 4.78 is 5.79. The average molecular weight is 237 g/mol. The van der Waals surface area contributed by atoms with Crippen LogP contribution in [0.4, 0.5) is 0 Å². The molecule has 0 spiro atoms. The van der Waals surface area contributed by atoms with E-state index in [0.717, 1.165) is 32.4 Å². The van der Waals surface area contributed by atoms with Gasteiger partial charge in [-0.2, -0.15) is 0 Å². The van der Waals surface area contributed by atoms with Crippen LogP contribution in [0.5, 0.6) is 0 Å². The number of ether oxygens (including phenoxy) is 1. The van der Waals surface area contributed by atoms with Crippen molar-refractivity contribution < 1.29 is 4.74 Å². The van der Waals surface area contributed by atoms with E-state index in [4.69, 9.17) is 11.2 Å². The van der Waals surface area contributed by atoms with Gasteiger partial charge in [0.15, 0.2) is 0 Å². The summed E-state index contributed by atoms with van der Waals surface area (Å²) in [5, 5.41) is 3.66. The zero-order chi connectivity index (χ0) is 12.7. The molecule has 98 valence electrons. The van der Waals surface area contributed by atoms with E-state index in [-0.39, 0.29) is 0 Å². The van der Waals surface area contributed by atoms with Crippen molar-refractivity contribution in [2.45, 2.75) is 65.0 Å². The van der Waals surface area contributed by atoms with Crippen LogP contribution in [0.2, 0.25) is 0 Å². The predicted molar refractivity (Wildman–Crippen MR) is 72.9 cm³/mol. The van der Waals surface area contributed by atoms with Crippen LogP contribution in [0.25, 0.3) is 0 Å². The summed E-state index contributed by atoms with van der Waals surface area (Å²) in [5.41, 5.74) is 0.322. The Morgan fingerprint density at radius 2 is 2.18 bits per heavy atom. The number of hydrogen-bond donors (Lipinski definition) is 1. The molecule has 0 aromatic carbocycles. The molecular weight excluding hydrogens is 210 g/mol. The van der Waals surface area contributed by atoms with Gasteiger partial charge in [0, 0.05) is 24.5 Å². The second-order valence-corrected chi connectivity index (χ2v) is 5.21. The maximum atomic E-state index is 5.79. The lowest BCUT2D eigenvalue weighted by Gasteiger charge is -2.53. The Morgan fingerprint density at radius 3 is 2.76 bits per heavy atom. The molecule has 17 heavy (non-hydrogen) atoms. The molecule has 0 amide bonds. The number of nitrogens with one attached hydrogen (secondary N) is 1. The van der Waals surface area contributed by atoms with Crippen molar-refractivity contribution in [3.8, 4) is 12.3 Å². The summed E-state index contributed by atoms with van der Waals surface area (Å²) in [6, 6.07) is 0.620. The Balaban J connectivity index is 2.24. The highest BCUT2D eigenvalue weighted by atomic mass is 16.5. The van der Waals surface area contributed by atoms with Gasteiger partial charge in [-0.3, -0.25) is 0 Å². The molecule has 2 heteroatoms. The fourth-order valence-electron chi connectivity index (χ4n) is 2.69. The van der Waals surface area contributed by atoms with Crippen molar-refractivity contribution in [3.05, 3.63) is 0 Å². The van der Waals surface area contributed by atoms with Gasteiger partial charge in [0.25, 0.3) is 0 Å². The van der Waals surface area contributed by atoms with Gasteiger partial charge in [-0.05, 0) is 39.2 Å². The Hall–Kier alpha value is -0.520. The third-order valence-electron chi connectivity index (χ3n) is 4.25. The predicted octanol–water partition coefficient (Wildman–Crippen LogP) is 2.97. The summed E-state index contributed by atoms with van der Waals surface area (Å²) in [6.07, 6.45) is 11.2. The largest absolute Gasteiger partial charge is 0.378 e. The fraction of sp³-hybridized carbons (Fsp3) is 0.867. The Morgan fingerprint density at radius 1 is 1.41 bits per heavy atom. The topological polar surface area (TPSA) is 21.3 Å². The minimum atomic E-state index is 0.322. The van der Waals surface area contributed by atoms with Crippen LogP contribution >= 0.6 is 0 Å². The number of rotatable bonds is 8. The Bertz CT molecular complexity index is 258. The van der Waals surface area contributed by atoms with Crippen molar-refractivity contribution >= 4 is 0 Å². The van der Waals surface area contributed by atoms with Gasteiger partial charge >= 0.3 is 0 Å². The van der Waals surface area contributed by atoms with Crippen molar-refractivity contribution in [3.63, 3.8) is 0 Å². The first-order chi connectivity index (χ1) is 8.19. The van der Waals surface area contributed by atoms with E-state index in [1.54, 1.807) is 0 Å².